The molecule has 0 aliphatic carbocycles. The number of rotatable bonds is 3. The highest BCUT2D eigenvalue weighted by Crippen LogP contribution is 2.47. The maximum Gasteiger partial charge on any atom is 0.233 e. The molecule has 0 spiro atoms. The van der Waals surface area contributed by atoms with E-state index in [1.807, 2.05) is 43.6 Å². The number of benzene rings is 3. The molecule has 0 atom stereocenters. The van der Waals surface area contributed by atoms with Crippen molar-refractivity contribution in [1.82, 2.24) is 0 Å². The molecule has 0 fully saturated rings. The van der Waals surface area contributed by atoms with Gasteiger partial charge in [0.2, 0.25) is 11.4 Å². The van der Waals surface area contributed by atoms with Crippen molar-refractivity contribution in [1.29, 1.82) is 0 Å². The van der Waals surface area contributed by atoms with Gasteiger partial charge in [0.05, 0.1) is 12.1 Å². The topological polar surface area (TPSA) is 21.4 Å². The molecule has 2 aromatic heterocycles. The molecule has 5 aromatic rings. The van der Waals surface area contributed by atoms with E-state index in [0.717, 1.165) is 49.9 Å². The second-order valence-electron chi connectivity index (χ2n) is 8.63. The van der Waals surface area contributed by atoms with Crippen molar-refractivity contribution >= 4 is 27.6 Å². The summed E-state index contributed by atoms with van der Waals surface area (Å²) in [6, 6.07) is 23.0. The molecule has 0 saturated carbocycles. The molecule has 3 nitrogen and oxygen atoms in total. The van der Waals surface area contributed by atoms with Gasteiger partial charge in [0.15, 0.2) is 6.20 Å². The Hall–Kier alpha value is -3.90. The Morgan fingerprint density at radius 2 is 1.66 bits per heavy atom. The van der Waals surface area contributed by atoms with Gasteiger partial charge in [0, 0.05) is 22.9 Å². The highest BCUT2D eigenvalue weighted by molar-refractivity contribution is 6.15. The van der Waals surface area contributed by atoms with E-state index < -0.39 is 0 Å². The lowest BCUT2D eigenvalue weighted by molar-refractivity contribution is -0.660. The number of pyridine rings is 1. The molecule has 0 radical (unpaired) electrons. The van der Waals surface area contributed by atoms with Gasteiger partial charge in [-0.2, -0.15) is 0 Å². The standard InChI is InChI=1S/C29H25N2O/c1-18(2)25-22(20-11-7-6-8-12-20)17-23-21-15-14-19(3)26(24-13-9-10-16-31(24)5)28(21)32-29(23)27(25)30-4/h6-18H,1-3,5H3/q+1. The molecule has 156 valence electrons. The molecule has 0 saturated heterocycles. The van der Waals surface area contributed by atoms with Crippen LogP contribution in [0.3, 0.4) is 0 Å². The molecule has 0 unspecified atom stereocenters. The van der Waals surface area contributed by atoms with Crippen LogP contribution >= 0.6 is 0 Å². The summed E-state index contributed by atoms with van der Waals surface area (Å²) in [4.78, 5) is 3.99. The van der Waals surface area contributed by atoms with Crippen molar-refractivity contribution in [3.8, 4) is 22.4 Å². The third-order valence-corrected chi connectivity index (χ3v) is 6.24. The lowest BCUT2D eigenvalue weighted by Crippen LogP contribution is -2.30. The van der Waals surface area contributed by atoms with E-state index in [9.17, 15) is 0 Å². The molecule has 0 aliphatic rings. The Morgan fingerprint density at radius 3 is 2.34 bits per heavy atom. The number of hydrogen-bond acceptors (Lipinski definition) is 1. The average Bonchev–Trinajstić information content (AvgIpc) is 3.17. The number of fused-ring (bicyclic) bond motifs is 3. The molecule has 0 N–H and O–H groups in total. The van der Waals surface area contributed by atoms with E-state index in [-0.39, 0.29) is 5.92 Å². The fourth-order valence-electron chi connectivity index (χ4n) is 4.72. The van der Waals surface area contributed by atoms with Gasteiger partial charge >= 0.3 is 0 Å². The van der Waals surface area contributed by atoms with Crippen LogP contribution in [-0.4, -0.2) is 0 Å². The molecule has 2 heterocycles. The minimum absolute atomic E-state index is 0.194. The zero-order valence-electron chi connectivity index (χ0n) is 18.8. The maximum atomic E-state index is 8.05. The second kappa shape index (κ2) is 7.66. The van der Waals surface area contributed by atoms with Crippen molar-refractivity contribution in [2.45, 2.75) is 26.7 Å². The summed E-state index contributed by atoms with van der Waals surface area (Å²) in [5, 5.41) is 2.04. The predicted molar refractivity (Wildman–Crippen MR) is 131 cm³/mol. The lowest BCUT2D eigenvalue weighted by Gasteiger charge is -2.16. The van der Waals surface area contributed by atoms with Crippen LogP contribution in [0.15, 0.2) is 77.3 Å². The maximum absolute atomic E-state index is 8.05. The quantitative estimate of drug-likeness (QED) is 0.217. The fourth-order valence-corrected chi connectivity index (χ4v) is 4.72. The van der Waals surface area contributed by atoms with E-state index in [1.54, 1.807) is 0 Å². The van der Waals surface area contributed by atoms with Gasteiger partial charge in [0.1, 0.15) is 18.2 Å². The highest BCUT2D eigenvalue weighted by atomic mass is 16.3. The molecule has 32 heavy (non-hydrogen) atoms. The fraction of sp³-hybridized carbons (Fsp3) is 0.172. The van der Waals surface area contributed by atoms with Crippen LogP contribution in [-0.2, 0) is 7.05 Å². The number of aromatic nitrogens is 1. The summed E-state index contributed by atoms with van der Waals surface area (Å²) < 4.78 is 8.66. The summed E-state index contributed by atoms with van der Waals surface area (Å²) in [7, 11) is 2.05. The first-order chi connectivity index (χ1) is 15.5. The van der Waals surface area contributed by atoms with Crippen molar-refractivity contribution in [3.63, 3.8) is 0 Å². The molecule has 0 aliphatic heterocycles. The summed E-state index contributed by atoms with van der Waals surface area (Å²) in [5.74, 6) is 0.194. The van der Waals surface area contributed by atoms with Gasteiger partial charge in [0.25, 0.3) is 0 Å². The van der Waals surface area contributed by atoms with Crippen LogP contribution < -0.4 is 4.57 Å². The van der Waals surface area contributed by atoms with E-state index in [1.165, 1.54) is 0 Å². The molecule has 5 rings (SSSR count). The van der Waals surface area contributed by atoms with Crippen molar-refractivity contribution in [2.24, 2.45) is 7.05 Å². The van der Waals surface area contributed by atoms with Gasteiger partial charge in [-0.05, 0) is 47.2 Å². The normalized spacial score (nSPS) is 11.4. The zero-order chi connectivity index (χ0) is 22.4. The summed E-state index contributed by atoms with van der Waals surface area (Å²) >= 11 is 0. The van der Waals surface area contributed by atoms with Gasteiger partial charge in [-0.1, -0.05) is 56.3 Å². The second-order valence-corrected chi connectivity index (χ2v) is 8.63. The van der Waals surface area contributed by atoms with Crippen LogP contribution in [0, 0.1) is 13.5 Å². The number of nitrogens with zero attached hydrogens (tertiary/aromatic N) is 2. The molecular weight excluding hydrogens is 392 g/mol. The minimum atomic E-state index is 0.194. The van der Waals surface area contributed by atoms with Crippen molar-refractivity contribution in [3.05, 3.63) is 95.5 Å². The highest BCUT2D eigenvalue weighted by Gasteiger charge is 2.25. The van der Waals surface area contributed by atoms with E-state index in [2.05, 4.69) is 66.6 Å². The molecule has 3 aromatic carbocycles. The van der Waals surface area contributed by atoms with Crippen molar-refractivity contribution in [2.75, 3.05) is 0 Å². The molecule has 3 heteroatoms. The Bertz CT molecular complexity index is 1520. The van der Waals surface area contributed by atoms with Crippen LogP contribution in [0.4, 0.5) is 5.69 Å². The molecular formula is C29H25N2O+. The van der Waals surface area contributed by atoms with Crippen LogP contribution in [0.5, 0.6) is 0 Å². The first kappa shape index (κ1) is 20.0. The smallest absolute Gasteiger partial charge is 0.233 e. The minimum Gasteiger partial charge on any atom is -0.466 e. The molecule has 0 bridgehead atoms. The van der Waals surface area contributed by atoms with Gasteiger partial charge < -0.3 is 4.42 Å². The third kappa shape index (κ3) is 2.99. The Morgan fingerprint density at radius 1 is 0.906 bits per heavy atom. The lowest BCUT2D eigenvalue weighted by atomic mass is 9.89. The van der Waals surface area contributed by atoms with E-state index >= 15 is 0 Å². The van der Waals surface area contributed by atoms with Gasteiger partial charge in [-0.3, -0.25) is 0 Å². The number of aryl methyl sites for hydroxylation is 2. The summed E-state index contributed by atoms with van der Waals surface area (Å²) in [6.07, 6.45) is 2.05. The van der Waals surface area contributed by atoms with Gasteiger partial charge in [-0.15, -0.1) is 0 Å². The summed E-state index contributed by atoms with van der Waals surface area (Å²) in [6.45, 7) is 14.4. The third-order valence-electron chi connectivity index (χ3n) is 6.24. The van der Waals surface area contributed by atoms with E-state index in [0.29, 0.717) is 11.3 Å². The van der Waals surface area contributed by atoms with Gasteiger partial charge in [-0.25, -0.2) is 9.41 Å². The Balaban J connectivity index is 1.95. The van der Waals surface area contributed by atoms with E-state index in [4.69, 9.17) is 11.0 Å². The molecule has 0 amide bonds. The number of hydrogen-bond donors (Lipinski definition) is 0. The Labute approximate surface area is 188 Å². The number of furan rings is 1. The van der Waals surface area contributed by atoms with Crippen LogP contribution in [0.2, 0.25) is 0 Å². The Kier molecular flexibility index (Phi) is 4.79. The monoisotopic (exact) mass is 417 g/mol. The first-order valence-electron chi connectivity index (χ1n) is 10.9. The van der Waals surface area contributed by atoms with Crippen molar-refractivity contribution < 1.29 is 8.98 Å². The van der Waals surface area contributed by atoms with Crippen LogP contribution in [0.1, 0.15) is 30.9 Å². The average molecular weight is 418 g/mol. The van der Waals surface area contributed by atoms with Crippen LogP contribution in [0.25, 0.3) is 49.2 Å². The first-order valence-corrected chi connectivity index (χ1v) is 10.9. The predicted octanol–water partition coefficient (Wildman–Crippen LogP) is 7.73. The summed E-state index contributed by atoms with van der Waals surface area (Å²) in [5.41, 5.74) is 8.73. The zero-order valence-corrected chi connectivity index (χ0v) is 18.8. The SMILES string of the molecule is [C-]#[N+]c1c(C(C)C)c(-c2ccccc2)cc2c1oc1c(-c3cccc[n+]3C)c(C)ccc12. The largest absolute Gasteiger partial charge is 0.466 e.